The first-order valence-electron chi connectivity index (χ1n) is 8.60. The predicted molar refractivity (Wildman–Crippen MR) is 88.0 cm³/mol. The molecule has 0 aromatic heterocycles. The van der Waals surface area contributed by atoms with Crippen LogP contribution in [0.5, 0.6) is 0 Å². The highest BCUT2D eigenvalue weighted by Crippen LogP contribution is 2.08. The van der Waals surface area contributed by atoms with Crippen molar-refractivity contribution < 1.29 is 38.9 Å². The normalized spacial score (nSPS) is 11.6. The van der Waals surface area contributed by atoms with Gasteiger partial charge in [-0.2, -0.15) is 0 Å². The number of carbonyl (C=O) groups excluding carboxylic acids is 2. The third kappa shape index (κ3) is 16.5. The zero-order chi connectivity index (χ0) is 19.1. The molecule has 0 aliphatic rings. The zero-order valence-corrected chi connectivity index (χ0v) is 14.7. The highest BCUT2D eigenvalue weighted by molar-refractivity contribution is 5.70. The molecule has 0 radical (unpaired) electrons. The van der Waals surface area contributed by atoms with Crippen LogP contribution >= 0.6 is 0 Å². The number of aliphatic carboxylic acids is 2. The molecule has 1 unspecified atom stereocenters. The Bertz CT molecular complexity index is 432. The van der Waals surface area contributed by atoms with Gasteiger partial charge in [0.15, 0.2) is 0 Å². The van der Waals surface area contributed by atoms with Gasteiger partial charge in [-0.1, -0.05) is 0 Å². The third-order valence-corrected chi connectivity index (χ3v) is 3.39. The minimum Gasteiger partial charge on any atom is -0.481 e. The summed E-state index contributed by atoms with van der Waals surface area (Å²) < 4.78 is 10.2. The van der Waals surface area contributed by atoms with Crippen molar-refractivity contribution >= 4 is 23.9 Å². The van der Waals surface area contributed by atoms with Crippen molar-refractivity contribution in [3.8, 4) is 0 Å². The van der Waals surface area contributed by atoms with Gasteiger partial charge < -0.3 is 19.7 Å². The lowest BCUT2D eigenvalue weighted by Crippen LogP contribution is -2.16. The van der Waals surface area contributed by atoms with E-state index in [1.54, 1.807) is 6.92 Å². The lowest BCUT2D eigenvalue weighted by atomic mass is 10.2. The van der Waals surface area contributed by atoms with E-state index in [1.807, 2.05) is 0 Å². The SMILES string of the molecule is CC(CCCOC(=O)CCCCC(=O)O)OC(=O)CCCCC(=O)O. The van der Waals surface area contributed by atoms with Crippen LogP contribution in [0.15, 0.2) is 0 Å². The van der Waals surface area contributed by atoms with Crippen LogP contribution in [0.2, 0.25) is 0 Å². The maximum Gasteiger partial charge on any atom is 0.306 e. The number of hydrogen-bond acceptors (Lipinski definition) is 6. The predicted octanol–water partition coefficient (Wildman–Crippen LogP) is 2.53. The molecule has 0 heterocycles. The van der Waals surface area contributed by atoms with Crippen molar-refractivity contribution in [1.29, 1.82) is 0 Å². The minimum absolute atomic E-state index is 0.0461. The van der Waals surface area contributed by atoms with E-state index in [0.717, 1.165) is 0 Å². The van der Waals surface area contributed by atoms with E-state index >= 15 is 0 Å². The van der Waals surface area contributed by atoms with Gasteiger partial charge in [0.2, 0.25) is 0 Å². The van der Waals surface area contributed by atoms with E-state index in [1.165, 1.54) is 0 Å². The van der Waals surface area contributed by atoms with E-state index in [4.69, 9.17) is 19.7 Å². The molecule has 0 saturated heterocycles. The smallest absolute Gasteiger partial charge is 0.306 e. The second kappa shape index (κ2) is 14.2. The van der Waals surface area contributed by atoms with Crippen LogP contribution in [0.25, 0.3) is 0 Å². The number of carbonyl (C=O) groups is 4. The fourth-order valence-electron chi connectivity index (χ4n) is 2.06. The number of esters is 2. The minimum atomic E-state index is -0.877. The van der Waals surface area contributed by atoms with E-state index < -0.39 is 11.9 Å². The monoisotopic (exact) mass is 360 g/mol. The number of carboxylic acid groups (broad SMARTS) is 2. The molecular weight excluding hydrogens is 332 g/mol. The van der Waals surface area contributed by atoms with Gasteiger partial charge in [0.1, 0.15) is 0 Å². The second-order valence-electron chi connectivity index (χ2n) is 5.86. The number of hydrogen-bond donors (Lipinski definition) is 2. The molecule has 0 aliphatic heterocycles. The Morgan fingerprint density at radius 1 is 0.760 bits per heavy atom. The second-order valence-corrected chi connectivity index (χ2v) is 5.86. The fourth-order valence-corrected chi connectivity index (χ4v) is 2.06. The van der Waals surface area contributed by atoms with Gasteiger partial charge in [0.25, 0.3) is 0 Å². The van der Waals surface area contributed by atoms with Crippen LogP contribution in [-0.4, -0.2) is 46.8 Å². The van der Waals surface area contributed by atoms with Gasteiger partial charge in [-0.25, -0.2) is 0 Å². The van der Waals surface area contributed by atoms with Crippen LogP contribution in [0.4, 0.5) is 0 Å². The van der Waals surface area contributed by atoms with E-state index in [2.05, 4.69) is 0 Å². The molecular formula is C17H28O8. The Labute approximate surface area is 147 Å². The highest BCUT2D eigenvalue weighted by atomic mass is 16.5. The third-order valence-electron chi connectivity index (χ3n) is 3.39. The standard InChI is InChI=1S/C17H28O8/c1-13(25-17(23)11-5-3-9-15(20)21)7-6-12-24-16(22)10-4-2-8-14(18)19/h13H,2-12H2,1H3,(H,18,19)(H,20,21). The largest absolute Gasteiger partial charge is 0.481 e. The molecule has 0 bridgehead atoms. The van der Waals surface area contributed by atoms with Gasteiger partial charge in [0.05, 0.1) is 12.7 Å². The number of ether oxygens (including phenoxy) is 2. The lowest BCUT2D eigenvalue weighted by molar-refractivity contribution is -0.150. The molecule has 0 rings (SSSR count). The molecule has 25 heavy (non-hydrogen) atoms. The summed E-state index contributed by atoms with van der Waals surface area (Å²) in [6.45, 7) is 1.99. The van der Waals surface area contributed by atoms with Crippen LogP contribution in [0.1, 0.15) is 71.1 Å². The molecule has 0 aliphatic carbocycles. The summed E-state index contributed by atoms with van der Waals surface area (Å²) in [5, 5.41) is 17.0. The summed E-state index contributed by atoms with van der Waals surface area (Å²) in [4.78, 5) is 43.6. The van der Waals surface area contributed by atoms with Crippen molar-refractivity contribution in [3.05, 3.63) is 0 Å². The molecule has 0 aromatic rings. The van der Waals surface area contributed by atoms with Crippen LogP contribution < -0.4 is 0 Å². The zero-order valence-electron chi connectivity index (χ0n) is 14.7. The first kappa shape index (κ1) is 22.9. The summed E-state index contributed by atoms with van der Waals surface area (Å²) in [7, 11) is 0. The molecule has 0 amide bonds. The van der Waals surface area contributed by atoms with E-state index in [9.17, 15) is 19.2 Å². The summed E-state index contributed by atoms with van der Waals surface area (Å²) in [6.07, 6.45) is 3.19. The van der Waals surface area contributed by atoms with Crippen molar-refractivity contribution in [2.24, 2.45) is 0 Å². The van der Waals surface area contributed by atoms with Crippen molar-refractivity contribution in [2.75, 3.05) is 6.61 Å². The first-order chi connectivity index (χ1) is 11.8. The number of unbranched alkanes of at least 4 members (excludes halogenated alkanes) is 2. The van der Waals surface area contributed by atoms with Gasteiger partial charge in [0, 0.05) is 25.7 Å². The lowest BCUT2D eigenvalue weighted by Gasteiger charge is -2.13. The Hall–Kier alpha value is -2.12. The van der Waals surface area contributed by atoms with E-state index in [-0.39, 0.29) is 50.3 Å². The highest BCUT2D eigenvalue weighted by Gasteiger charge is 2.10. The van der Waals surface area contributed by atoms with Crippen molar-refractivity contribution in [1.82, 2.24) is 0 Å². The van der Waals surface area contributed by atoms with Crippen molar-refractivity contribution in [3.63, 3.8) is 0 Å². The maximum atomic E-state index is 11.5. The average Bonchev–Trinajstić information content (AvgIpc) is 2.52. The Morgan fingerprint density at radius 3 is 1.76 bits per heavy atom. The molecule has 0 fully saturated rings. The molecule has 8 heteroatoms. The van der Waals surface area contributed by atoms with Gasteiger partial charge in [-0.05, 0) is 45.4 Å². The van der Waals surface area contributed by atoms with E-state index in [0.29, 0.717) is 38.5 Å². The fraction of sp³-hybridized carbons (Fsp3) is 0.765. The summed E-state index contributed by atoms with van der Waals surface area (Å²) in [5.41, 5.74) is 0. The van der Waals surface area contributed by atoms with Gasteiger partial charge >= 0.3 is 23.9 Å². The number of carboxylic acids is 2. The molecule has 0 aromatic carbocycles. The van der Waals surface area contributed by atoms with Gasteiger partial charge in [-0.3, -0.25) is 19.2 Å². The summed E-state index contributed by atoms with van der Waals surface area (Å²) in [5.74, 6) is -2.46. The molecule has 2 N–H and O–H groups in total. The average molecular weight is 360 g/mol. The Morgan fingerprint density at radius 2 is 1.24 bits per heavy atom. The number of rotatable bonds is 15. The summed E-state index contributed by atoms with van der Waals surface area (Å²) >= 11 is 0. The topological polar surface area (TPSA) is 127 Å². The van der Waals surface area contributed by atoms with Crippen LogP contribution in [-0.2, 0) is 28.7 Å². The maximum absolute atomic E-state index is 11.5. The molecule has 0 spiro atoms. The Balaban J connectivity index is 3.57. The molecule has 8 nitrogen and oxygen atoms in total. The first-order valence-corrected chi connectivity index (χ1v) is 8.60. The quantitative estimate of drug-likeness (QED) is 0.337. The van der Waals surface area contributed by atoms with Gasteiger partial charge in [-0.15, -0.1) is 0 Å². The van der Waals surface area contributed by atoms with Crippen LogP contribution in [0.3, 0.4) is 0 Å². The molecule has 1 atom stereocenters. The molecule has 144 valence electrons. The Kier molecular flexibility index (Phi) is 13.0. The summed E-state index contributed by atoms with van der Waals surface area (Å²) in [6, 6.07) is 0. The van der Waals surface area contributed by atoms with Crippen molar-refractivity contribution in [2.45, 2.75) is 77.2 Å². The van der Waals surface area contributed by atoms with Crippen LogP contribution in [0, 0.1) is 0 Å². The molecule has 0 saturated carbocycles.